The first-order valence-corrected chi connectivity index (χ1v) is 13.2. The lowest BCUT2D eigenvalue weighted by Gasteiger charge is -2.11. The largest absolute Gasteiger partial charge is 0.463 e. The van der Waals surface area contributed by atoms with Crippen LogP contribution in [0, 0.1) is 0 Å². The van der Waals surface area contributed by atoms with Crippen LogP contribution < -0.4 is 0 Å². The van der Waals surface area contributed by atoms with Gasteiger partial charge < -0.3 is 14.2 Å². The first-order valence-electron chi connectivity index (χ1n) is 12.7. The van der Waals surface area contributed by atoms with Gasteiger partial charge in [0.2, 0.25) is 0 Å². The zero-order valence-corrected chi connectivity index (χ0v) is 20.6. The summed E-state index contributed by atoms with van der Waals surface area (Å²) >= 11 is 4.45. The Morgan fingerprint density at radius 2 is 1.40 bits per heavy atom. The minimum atomic E-state index is -0.199. The van der Waals surface area contributed by atoms with Gasteiger partial charge in [-0.2, -0.15) is 12.6 Å². The first kappa shape index (κ1) is 27.8. The second-order valence-corrected chi connectivity index (χ2v) is 9.57. The lowest BCUT2D eigenvalue weighted by Crippen LogP contribution is -2.19. The van der Waals surface area contributed by atoms with Crippen LogP contribution >= 0.6 is 12.6 Å². The number of carbonyl (C=O) groups excluding carboxylic acids is 1. The summed E-state index contributed by atoms with van der Waals surface area (Å²) in [5, 5.41) is 0.238. The third-order valence-electron chi connectivity index (χ3n) is 5.98. The van der Waals surface area contributed by atoms with Crippen molar-refractivity contribution in [3.05, 3.63) is 0 Å². The Kier molecular flexibility index (Phi) is 18.0. The summed E-state index contributed by atoms with van der Waals surface area (Å²) in [6, 6.07) is 0. The molecule has 1 saturated heterocycles. The molecule has 1 fully saturated rings. The van der Waals surface area contributed by atoms with Crippen molar-refractivity contribution in [1.29, 1.82) is 0 Å². The molecule has 0 aliphatic carbocycles. The van der Waals surface area contributed by atoms with Crippen LogP contribution in [0.5, 0.6) is 0 Å². The van der Waals surface area contributed by atoms with E-state index < -0.39 is 0 Å². The molecular formula is C25H48O4S. The van der Waals surface area contributed by atoms with Crippen LogP contribution in [0.2, 0.25) is 0 Å². The SMILES string of the molecule is CCCCCCCCCCCCCCCCOCCC(=O)OC[C@@H]1C[C@@H](S)C(C)O1. The molecule has 0 N–H and O–H groups in total. The topological polar surface area (TPSA) is 44.8 Å². The summed E-state index contributed by atoms with van der Waals surface area (Å²) in [5.41, 5.74) is 0. The summed E-state index contributed by atoms with van der Waals surface area (Å²) in [4.78, 5) is 11.7. The van der Waals surface area contributed by atoms with Crippen molar-refractivity contribution in [2.24, 2.45) is 0 Å². The number of esters is 1. The van der Waals surface area contributed by atoms with E-state index in [9.17, 15) is 4.79 Å². The molecule has 0 aromatic heterocycles. The van der Waals surface area contributed by atoms with E-state index in [0.29, 0.717) is 19.6 Å². The van der Waals surface area contributed by atoms with Crippen molar-refractivity contribution in [3.63, 3.8) is 0 Å². The van der Waals surface area contributed by atoms with E-state index in [4.69, 9.17) is 14.2 Å². The molecule has 0 bridgehead atoms. The Hall–Kier alpha value is -0.260. The van der Waals surface area contributed by atoms with Crippen LogP contribution in [-0.2, 0) is 19.0 Å². The number of rotatable bonds is 20. The molecule has 1 aliphatic rings. The average molecular weight is 445 g/mol. The normalized spacial score (nSPS) is 21.2. The van der Waals surface area contributed by atoms with Gasteiger partial charge in [0.05, 0.1) is 25.2 Å². The molecule has 4 nitrogen and oxygen atoms in total. The molecule has 0 saturated carbocycles. The Balaban J connectivity index is 1.74. The van der Waals surface area contributed by atoms with Gasteiger partial charge in [-0.25, -0.2) is 0 Å². The molecule has 0 spiro atoms. The summed E-state index contributed by atoms with van der Waals surface area (Å²) in [7, 11) is 0. The highest BCUT2D eigenvalue weighted by molar-refractivity contribution is 7.81. The molecule has 30 heavy (non-hydrogen) atoms. The number of hydrogen-bond acceptors (Lipinski definition) is 5. The summed E-state index contributed by atoms with van der Waals surface area (Å²) < 4.78 is 16.5. The first-order chi connectivity index (χ1) is 14.6. The van der Waals surface area contributed by atoms with Crippen LogP contribution in [0.4, 0.5) is 0 Å². The van der Waals surface area contributed by atoms with Crippen molar-refractivity contribution in [1.82, 2.24) is 0 Å². The van der Waals surface area contributed by atoms with Gasteiger partial charge in [0.1, 0.15) is 6.61 Å². The smallest absolute Gasteiger partial charge is 0.308 e. The second-order valence-electron chi connectivity index (χ2n) is 8.91. The van der Waals surface area contributed by atoms with Crippen molar-refractivity contribution in [2.45, 2.75) is 134 Å². The van der Waals surface area contributed by atoms with Gasteiger partial charge in [-0.3, -0.25) is 4.79 Å². The number of carbonyl (C=O) groups is 1. The molecule has 178 valence electrons. The second kappa shape index (κ2) is 19.4. The van der Waals surface area contributed by atoms with Gasteiger partial charge in [-0.15, -0.1) is 0 Å². The van der Waals surface area contributed by atoms with E-state index in [1.165, 1.54) is 83.5 Å². The Bertz CT molecular complexity index is 395. The molecule has 1 aliphatic heterocycles. The lowest BCUT2D eigenvalue weighted by atomic mass is 10.0. The zero-order valence-electron chi connectivity index (χ0n) is 19.7. The van der Waals surface area contributed by atoms with Crippen LogP contribution in [0.15, 0.2) is 0 Å². The fourth-order valence-electron chi connectivity index (χ4n) is 3.93. The molecule has 0 amide bonds. The number of ether oxygens (including phenoxy) is 3. The maximum absolute atomic E-state index is 11.7. The van der Waals surface area contributed by atoms with Gasteiger partial charge in [-0.05, 0) is 19.8 Å². The Morgan fingerprint density at radius 3 is 1.90 bits per heavy atom. The van der Waals surface area contributed by atoms with E-state index in [2.05, 4.69) is 19.6 Å². The maximum Gasteiger partial charge on any atom is 0.308 e. The van der Waals surface area contributed by atoms with E-state index >= 15 is 0 Å². The molecule has 5 heteroatoms. The Morgan fingerprint density at radius 1 is 0.867 bits per heavy atom. The van der Waals surface area contributed by atoms with Crippen LogP contribution in [0.3, 0.4) is 0 Å². The fourth-order valence-corrected chi connectivity index (χ4v) is 4.24. The summed E-state index contributed by atoms with van der Waals surface area (Å²) in [5.74, 6) is -0.199. The third kappa shape index (κ3) is 15.5. The quantitative estimate of drug-likeness (QED) is 0.126. The van der Waals surface area contributed by atoms with Crippen molar-refractivity contribution in [3.8, 4) is 0 Å². The van der Waals surface area contributed by atoms with E-state index in [0.717, 1.165) is 19.4 Å². The van der Waals surface area contributed by atoms with Gasteiger partial charge in [0.15, 0.2) is 0 Å². The average Bonchev–Trinajstić information content (AvgIpc) is 3.06. The molecule has 1 rings (SSSR count). The Labute approximate surface area is 191 Å². The van der Waals surface area contributed by atoms with Crippen molar-refractivity contribution >= 4 is 18.6 Å². The molecule has 0 radical (unpaired) electrons. The molecular weight excluding hydrogens is 396 g/mol. The van der Waals surface area contributed by atoms with Gasteiger partial charge in [-0.1, -0.05) is 90.4 Å². The predicted octanol–water partition coefficient (Wildman–Crippen LogP) is 6.89. The van der Waals surface area contributed by atoms with Gasteiger partial charge in [0.25, 0.3) is 0 Å². The zero-order chi connectivity index (χ0) is 21.9. The number of hydrogen-bond donors (Lipinski definition) is 1. The van der Waals surface area contributed by atoms with Crippen LogP contribution in [0.25, 0.3) is 0 Å². The minimum absolute atomic E-state index is 0.0112. The highest BCUT2D eigenvalue weighted by Crippen LogP contribution is 2.24. The van der Waals surface area contributed by atoms with Crippen molar-refractivity contribution < 1.29 is 19.0 Å². The minimum Gasteiger partial charge on any atom is -0.463 e. The molecule has 3 atom stereocenters. The lowest BCUT2D eigenvalue weighted by molar-refractivity contribution is -0.148. The predicted molar refractivity (Wildman–Crippen MR) is 128 cm³/mol. The van der Waals surface area contributed by atoms with Crippen molar-refractivity contribution in [2.75, 3.05) is 19.8 Å². The standard InChI is InChI=1S/C25H48O4S/c1-3-4-5-6-7-8-9-10-11-12-13-14-15-16-18-27-19-17-25(26)28-21-23-20-24(30)22(2)29-23/h22-24,30H,3-21H2,1-2H3/t22?,23-,24+/m0/s1. The number of unbranched alkanes of at least 4 members (excludes halogenated alkanes) is 13. The maximum atomic E-state index is 11.7. The van der Waals surface area contributed by atoms with Gasteiger partial charge in [0, 0.05) is 11.9 Å². The van der Waals surface area contributed by atoms with Crippen LogP contribution in [-0.4, -0.2) is 43.2 Å². The molecule has 1 unspecified atom stereocenters. The van der Waals surface area contributed by atoms with E-state index in [1.807, 2.05) is 6.92 Å². The van der Waals surface area contributed by atoms with E-state index in [-0.39, 0.29) is 23.4 Å². The van der Waals surface area contributed by atoms with Crippen LogP contribution in [0.1, 0.15) is 117 Å². The fraction of sp³-hybridized carbons (Fsp3) is 0.960. The highest BCUT2D eigenvalue weighted by Gasteiger charge is 2.30. The van der Waals surface area contributed by atoms with E-state index in [1.54, 1.807) is 0 Å². The molecule has 1 heterocycles. The summed E-state index contributed by atoms with van der Waals surface area (Å²) in [6.45, 7) is 5.81. The number of thiol groups is 1. The highest BCUT2D eigenvalue weighted by atomic mass is 32.1. The summed E-state index contributed by atoms with van der Waals surface area (Å²) in [6.07, 6.45) is 20.3. The monoisotopic (exact) mass is 444 g/mol. The van der Waals surface area contributed by atoms with Gasteiger partial charge >= 0.3 is 5.97 Å². The third-order valence-corrected chi connectivity index (χ3v) is 6.61. The molecule has 0 aromatic rings. The molecule has 0 aromatic carbocycles.